The predicted molar refractivity (Wildman–Crippen MR) is 88.6 cm³/mol. The SMILES string of the molecule is CCCNCCCc1nnc(-c2ccc(SC)cc2)s1. The van der Waals surface area contributed by atoms with E-state index < -0.39 is 0 Å². The molecule has 0 aliphatic rings. The normalized spacial score (nSPS) is 10.9. The van der Waals surface area contributed by atoms with Crippen LogP contribution in [0.15, 0.2) is 29.2 Å². The van der Waals surface area contributed by atoms with Gasteiger partial charge in [-0.2, -0.15) is 0 Å². The summed E-state index contributed by atoms with van der Waals surface area (Å²) in [6, 6.07) is 8.52. The van der Waals surface area contributed by atoms with Gasteiger partial charge in [-0.15, -0.1) is 22.0 Å². The van der Waals surface area contributed by atoms with E-state index >= 15 is 0 Å². The third kappa shape index (κ3) is 4.58. The van der Waals surface area contributed by atoms with Crippen LogP contribution in [0.4, 0.5) is 0 Å². The van der Waals surface area contributed by atoms with Crippen LogP contribution in [0.1, 0.15) is 24.8 Å². The van der Waals surface area contributed by atoms with Crippen molar-refractivity contribution in [1.29, 1.82) is 0 Å². The van der Waals surface area contributed by atoms with E-state index in [-0.39, 0.29) is 0 Å². The molecule has 1 aromatic carbocycles. The summed E-state index contributed by atoms with van der Waals surface area (Å²) in [6.45, 7) is 4.35. The summed E-state index contributed by atoms with van der Waals surface area (Å²) in [4.78, 5) is 1.28. The Bertz CT molecular complexity index is 508. The largest absolute Gasteiger partial charge is 0.317 e. The van der Waals surface area contributed by atoms with Gasteiger partial charge in [0.05, 0.1) is 0 Å². The molecule has 0 atom stereocenters. The molecule has 0 amide bonds. The minimum absolute atomic E-state index is 1.01. The minimum atomic E-state index is 1.01. The average Bonchev–Trinajstić information content (AvgIpc) is 2.96. The lowest BCUT2D eigenvalue weighted by molar-refractivity contribution is 0.637. The number of nitrogens with one attached hydrogen (secondary N) is 1. The molecule has 2 rings (SSSR count). The second-order valence-electron chi connectivity index (χ2n) is 4.58. The van der Waals surface area contributed by atoms with Crippen LogP contribution in [-0.4, -0.2) is 29.5 Å². The lowest BCUT2D eigenvalue weighted by atomic mass is 10.2. The van der Waals surface area contributed by atoms with Crippen molar-refractivity contribution in [3.05, 3.63) is 29.3 Å². The Kier molecular flexibility index (Phi) is 6.50. The maximum Gasteiger partial charge on any atom is 0.147 e. The molecule has 20 heavy (non-hydrogen) atoms. The molecular weight excluding hydrogens is 286 g/mol. The zero-order valence-electron chi connectivity index (χ0n) is 12.1. The van der Waals surface area contributed by atoms with E-state index in [4.69, 9.17) is 0 Å². The van der Waals surface area contributed by atoms with Gasteiger partial charge in [-0.25, -0.2) is 0 Å². The molecule has 0 aliphatic heterocycles. The van der Waals surface area contributed by atoms with Crippen LogP contribution in [0.25, 0.3) is 10.6 Å². The van der Waals surface area contributed by atoms with E-state index in [1.807, 2.05) is 0 Å². The van der Waals surface area contributed by atoms with Crippen LogP contribution in [0.5, 0.6) is 0 Å². The fourth-order valence-electron chi connectivity index (χ4n) is 1.87. The highest BCUT2D eigenvalue weighted by Crippen LogP contribution is 2.26. The fraction of sp³-hybridized carbons (Fsp3) is 0.467. The van der Waals surface area contributed by atoms with Crippen molar-refractivity contribution in [2.75, 3.05) is 19.3 Å². The summed E-state index contributed by atoms with van der Waals surface area (Å²) in [5.41, 5.74) is 1.16. The quantitative estimate of drug-likeness (QED) is 0.593. The molecule has 108 valence electrons. The molecule has 1 heterocycles. The van der Waals surface area contributed by atoms with Gasteiger partial charge in [-0.05, 0) is 44.3 Å². The molecule has 3 nitrogen and oxygen atoms in total. The molecule has 0 fully saturated rings. The lowest BCUT2D eigenvalue weighted by Crippen LogP contribution is -2.16. The van der Waals surface area contributed by atoms with Gasteiger partial charge in [0, 0.05) is 16.9 Å². The third-order valence-corrected chi connectivity index (χ3v) is 4.75. The summed E-state index contributed by atoms with van der Waals surface area (Å²) in [6.07, 6.45) is 5.41. The molecule has 2 aromatic rings. The van der Waals surface area contributed by atoms with Crippen molar-refractivity contribution in [2.45, 2.75) is 31.1 Å². The van der Waals surface area contributed by atoms with Crippen LogP contribution in [0, 0.1) is 0 Å². The summed E-state index contributed by atoms with van der Waals surface area (Å²) in [5.74, 6) is 0. The summed E-state index contributed by atoms with van der Waals surface area (Å²) in [5, 5.41) is 14.2. The predicted octanol–water partition coefficient (Wildman–Crippen LogP) is 3.86. The number of thioether (sulfide) groups is 1. The van der Waals surface area contributed by atoms with E-state index in [0.717, 1.165) is 41.5 Å². The van der Waals surface area contributed by atoms with Crippen molar-refractivity contribution in [2.24, 2.45) is 0 Å². The first-order chi connectivity index (χ1) is 9.83. The minimum Gasteiger partial charge on any atom is -0.317 e. The number of benzene rings is 1. The highest BCUT2D eigenvalue weighted by Gasteiger charge is 2.06. The fourth-order valence-corrected chi connectivity index (χ4v) is 3.17. The van der Waals surface area contributed by atoms with Gasteiger partial charge >= 0.3 is 0 Å². The molecule has 0 radical (unpaired) electrons. The van der Waals surface area contributed by atoms with E-state index in [2.05, 4.69) is 53.0 Å². The Labute approximate surface area is 129 Å². The Morgan fingerprint density at radius 1 is 1.15 bits per heavy atom. The molecule has 0 saturated carbocycles. The lowest BCUT2D eigenvalue weighted by Gasteiger charge is -2.00. The summed E-state index contributed by atoms with van der Waals surface area (Å²) < 4.78 is 0. The number of nitrogens with zero attached hydrogens (tertiary/aromatic N) is 2. The number of hydrogen-bond donors (Lipinski definition) is 1. The Hall–Kier alpha value is -0.910. The van der Waals surface area contributed by atoms with Crippen molar-refractivity contribution in [3.63, 3.8) is 0 Å². The first-order valence-electron chi connectivity index (χ1n) is 7.01. The number of aryl methyl sites for hydroxylation is 1. The first-order valence-corrected chi connectivity index (χ1v) is 9.05. The zero-order valence-corrected chi connectivity index (χ0v) is 13.7. The summed E-state index contributed by atoms with van der Waals surface area (Å²) >= 11 is 3.46. The van der Waals surface area contributed by atoms with Crippen LogP contribution in [0.2, 0.25) is 0 Å². The molecule has 0 unspecified atom stereocenters. The number of aromatic nitrogens is 2. The highest BCUT2D eigenvalue weighted by molar-refractivity contribution is 7.98. The Balaban J connectivity index is 1.87. The van der Waals surface area contributed by atoms with Crippen LogP contribution in [0.3, 0.4) is 0 Å². The maximum absolute atomic E-state index is 4.30. The van der Waals surface area contributed by atoms with Gasteiger partial charge in [0.25, 0.3) is 0 Å². The zero-order chi connectivity index (χ0) is 14.2. The van der Waals surface area contributed by atoms with Gasteiger partial charge in [0.2, 0.25) is 0 Å². The van der Waals surface area contributed by atoms with Crippen LogP contribution in [-0.2, 0) is 6.42 Å². The van der Waals surface area contributed by atoms with Crippen LogP contribution < -0.4 is 5.32 Å². The molecule has 1 aromatic heterocycles. The first kappa shape index (κ1) is 15.5. The van der Waals surface area contributed by atoms with E-state index in [1.54, 1.807) is 23.1 Å². The second-order valence-corrected chi connectivity index (χ2v) is 6.52. The van der Waals surface area contributed by atoms with Crippen molar-refractivity contribution >= 4 is 23.1 Å². The highest BCUT2D eigenvalue weighted by atomic mass is 32.2. The molecule has 0 aliphatic carbocycles. The van der Waals surface area contributed by atoms with Crippen molar-refractivity contribution in [3.8, 4) is 10.6 Å². The molecule has 1 N–H and O–H groups in total. The van der Waals surface area contributed by atoms with E-state index in [9.17, 15) is 0 Å². The maximum atomic E-state index is 4.30. The standard InChI is InChI=1S/C15H21N3S2/c1-3-10-16-11-4-5-14-17-18-15(20-14)12-6-8-13(19-2)9-7-12/h6-9,16H,3-5,10-11H2,1-2H3. The van der Waals surface area contributed by atoms with E-state index in [0.29, 0.717) is 0 Å². The number of hydrogen-bond acceptors (Lipinski definition) is 5. The Morgan fingerprint density at radius 3 is 2.65 bits per heavy atom. The van der Waals surface area contributed by atoms with Gasteiger partial charge in [-0.1, -0.05) is 30.4 Å². The molecule has 0 spiro atoms. The van der Waals surface area contributed by atoms with Gasteiger partial charge in [0.1, 0.15) is 10.0 Å². The second kappa shape index (κ2) is 8.39. The average molecular weight is 307 g/mol. The monoisotopic (exact) mass is 307 g/mol. The molecular formula is C15H21N3S2. The molecule has 0 bridgehead atoms. The number of rotatable bonds is 8. The molecule has 5 heteroatoms. The smallest absolute Gasteiger partial charge is 0.147 e. The van der Waals surface area contributed by atoms with Crippen molar-refractivity contribution in [1.82, 2.24) is 15.5 Å². The summed E-state index contributed by atoms with van der Waals surface area (Å²) in [7, 11) is 0. The van der Waals surface area contributed by atoms with Gasteiger partial charge < -0.3 is 5.32 Å². The van der Waals surface area contributed by atoms with Crippen LogP contribution >= 0.6 is 23.1 Å². The Morgan fingerprint density at radius 2 is 1.95 bits per heavy atom. The van der Waals surface area contributed by atoms with Gasteiger partial charge in [0.15, 0.2) is 0 Å². The van der Waals surface area contributed by atoms with Gasteiger partial charge in [-0.3, -0.25) is 0 Å². The third-order valence-electron chi connectivity index (χ3n) is 2.97. The van der Waals surface area contributed by atoms with Crippen molar-refractivity contribution < 1.29 is 0 Å². The molecule has 0 saturated heterocycles. The van der Waals surface area contributed by atoms with E-state index in [1.165, 1.54) is 11.3 Å². The topological polar surface area (TPSA) is 37.8 Å².